The molecule has 1 aromatic rings. The number of hydrazine groups is 1. The van der Waals surface area contributed by atoms with Gasteiger partial charge in [0.25, 0.3) is 0 Å². The van der Waals surface area contributed by atoms with Gasteiger partial charge >= 0.3 is 12.3 Å². The Morgan fingerprint density at radius 2 is 2.00 bits per heavy atom. The van der Waals surface area contributed by atoms with Gasteiger partial charge in [-0.25, -0.2) is 10.2 Å². The van der Waals surface area contributed by atoms with Crippen molar-refractivity contribution in [3.8, 4) is 0 Å². The molecule has 0 aromatic heterocycles. The summed E-state index contributed by atoms with van der Waals surface area (Å²) < 4.78 is 36.6. The number of halogens is 3. The number of carbonyl (C=O) groups is 1. The number of hydrogen-bond donors (Lipinski definition) is 3. The summed E-state index contributed by atoms with van der Waals surface area (Å²) in [5.74, 6) is 0. The van der Waals surface area contributed by atoms with E-state index in [9.17, 15) is 18.0 Å². The minimum absolute atomic E-state index is 0.0206. The second-order valence-corrected chi connectivity index (χ2v) is 2.63. The Labute approximate surface area is 82.7 Å². The Morgan fingerprint density at radius 1 is 1.33 bits per heavy atom. The van der Waals surface area contributed by atoms with E-state index in [4.69, 9.17) is 5.11 Å². The van der Waals surface area contributed by atoms with Crippen molar-refractivity contribution in [3.05, 3.63) is 29.8 Å². The molecule has 7 heteroatoms. The van der Waals surface area contributed by atoms with Crippen molar-refractivity contribution in [2.45, 2.75) is 6.18 Å². The third-order valence-corrected chi connectivity index (χ3v) is 1.50. The lowest BCUT2D eigenvalue weighted by Gasteiger charge is -2.09. The molecule has 0 unspecified atom stereocenters. The molecule has 1 amide bonds. The number of carboxylic acid groups (broad SMARTS) is 1. The van der Waals surface area contributed by atoms with Gasteiger partial charge in [-0.15, -0.1) is 0 Å². The second-order valence-electron chi connectivity index (χ2n) is 2.63. The SMILES string of the molecule is O=C(O)NNc1cccc(C(F)(F)F)c1. The van der Waals surface area contributed by atoms with Crippen molar-refractivity contribution in [1.29, 1.82) is 0 Å². The summed E-state index contributed by atoms with van der Waals surface area (Å²) in [6.07, 6.45) is -5.83. The Balaban J connectivity index is 2.79. The summed E-state index contributed by atoms with van der Waals surface area (Å²) in [5, 5.41) is 8.21. The van der Waals surface area contributed by atoms with E-state index in [0.717, 1.165) is 12.1 Å². The van der Waals surface area contributed by atoms with Crippen LogP contribution in [0.2, 0.25) is 0 Å². The maximum atomic E-state index is 12.2. The van der Waals surface area contributed by atoms with Crippen LogP contribution >= 0.6 is 0 Å². The highest BCUT2D eigenvalue weighted by molar-refractivity contribution is 5.67. The lowest BCUT2D eigenvalue weighted by atomic mass is 10.2. The van der Waals surface area contributed by atoms with Crippen molar-refractivity contribution >= 4 is 11.8 Å². The summed E-state index contributed by atoms with van der Waals surface area (Å²) in [6, 6.07) is 4.18. The largest absolute Gasteiger partial charge is 0.464 e. The minimum atomic E-state index is -4.44. The minimum Gasteiger partial charge on any atom is -0.464 e. The zero-order valence-corrected chi connectivity index (χ0v) is 7.30. The van der Waals surface area contributed by atoms with Gasteiger partial charge in [-0.2, -0.15) is 13.2 Å². The number of anilines is 1. The first kappa shape index (κ1) is 11.2. The van der Waals surface area contributed by atoms with Gasteiger partial charge in [0.1, 0.15) is 0 Å². The van der Waals surface area contributed by atoms with E-state index < -0.39 is 17.8 Å². The van der Waals surface area contributed by atoms with Crippen molar-refractivity contribution in [2.24, 2.45) is 0 Å². The lowest BCUT2D eigenvalue weighted by molar-refractivity contribution is -0.137. The van der Waals surface area contributed by atoms with Crippen LogP contribution in [0.3, 0.4) is 0 Å². The number of alkyl halides is 3. The number of hydrogen-bond acceptors (Lipinski definition) is 2. The van der Waals surface area contributed by atoms with Gasteiger partial charge in [0.2, 0.25) is 0 Å². The Kier molecular flexibility index (Phi) is 3.03. The number of rotatable bonds is 2. The third-order valence-electron chi connectivity index (χ3n) is 1.50. The van der Waals surface area contributed by atoms with E-state index >= 15 is 0 Å². The quantitative estimate of drug-likeness (QED) is 0.670. The molecule has 0 aliphatic rings. The van der Waals surface area contributed by atoms with Crippen LogP contribution < -0.4 is 10.9 Å². The molecule has 82 valence electrons. The molecule has 0 atom stereocenters. The smallest absolute Gasteiger partial charge is 0.423 e. The Bertz CT molecular complexity index is 365. The van der Waals surface area contributed by atoms with Gasteiger partial charge in [-0.05, 0) is 18.2 Å². The maximum absolute atomic E-state index is 12.2. The van der Waals surface area contributed by atoms with Gasteiger partial charge in [-0.3, -0.25) is 5.43 Å². The Hall–Kier alpha value is -1.92. The van der Waals surface area contributed by atoms with E-state index in [0.29, 0.717) is 0 Å². The molecule has 0 radical (unpaired) electrons. The zero-order valence-electron chi connectivity index (χ0n) is 7.30. The van der Waals surface area contributed by atoms with Crippen LogP contribution in [-0.4, -0.2) is 11.2 Å². The molecular formula is C8H7F3N2O2. The first-order valence-corrected chi connectivity index (χ1v) is 3.82. The third kappa shape index (κ3) is 3.37. The zero-order chi connectivity index (χ0) is 11.5. The van der Waals surface area contributed by atoms with Crippen LogP contribution in [0.5, 0.6) is 0 Å². The van der Waals surface area contributed by atoms with E-state index in [1.165, 1.54) is 12.1 Å². The second kappa shape index (κ2) is 4.07. The molecule has 1 rings (SSSR count). The molecule has 15 heavy (non-hydrogen) atoms. The molecule has 0 aliphatic heterocycles. The summed E-state index contributed by atoms with van der Waals surface area (Å²) in [4.78, 5) is 10.1. The molecular weight excluding hydrogens is 213 g/mol. The first-order chi connectivity index (χ1) is 6.89. The van der Waals surface area contributed by atoms with Gasteiger partial charge in [0.05, 0.1) is 11.3 Å². The average molecular weight is 220 g/mol. The van der Waals surface area contributed by atoms with Crippen LogP contribution in [0.25, 0.3) is 0 Å². The van der Waals surface area contributed by atoms with Crippen LogP contribution in [0.1, 0.15) is 5.56 Å². The van der Waals surface area contributed by atoms with E-state index in [1.54, 1.807) is 5.43 Å². The highest BCUT2D eigenvalue weighted by atomic mass is 19.4. The molecule has 0 spiro atoms. The number of nitrogens with one attached hydrogen (secondary N) is 2. The van der Waals surface area contributed by atoms with E-state index in [-0.39, 0.29) is 5.69 Å². The van der Waals surface area contributed by atoms with Gasteiger partial charge in [0, 0.05) is 0 Å². The fourth-order valence-electron chi connectivity index (χ4n) is 0.899. The van der Waals surface area contributed by atoms with Gasteiger partial charge in [0.15, 0.2) is 0 Å². The van der Waals surface area contributed by atoms with E-state index in [2.05, 4.69) is 5.43 Å². The summed E-state index contributed by atoms with van der Waals surface area (Å²) in [5.41, 5.74) is 3.02. The molecule has 0 bridgehead atoms. The summed E-state index contributed by atoms with van der Waals surface area (Å²) >= 11 is 0. The van der Waals surface area contributed by atoms with Gasteiger partial charge in [-0.1, -0.05) is 6.07 Å². The van der Waals surface area contributed by atoms with Crippen molar-refractivity contribution < 1.29 is 23.1 Å². The molecule has 0 saturated carbocycles. The normalized spacial score (nSPS) is 10.9. The van der Waals surface area contributed by atoms with Gasteiger partial charge < -0.3 is 5.11 Å². The Morgan fingerprint density at radius 3 is 2.53 bits per heavy atom. The topological polar surface area (TPSA) is 61.4 Å². The molecule has 0 saturated heterocycles. The predicted octanol–water partition coefficient (Wildman–Crippen LogP) is 2.30. The highest BCUT2D eigenvalue weighted by Gasteiger charge is 2.30. The van der Waals surface area contributed by atoms with Crippen molar-refractivity contribution in [1.82, 2.24) is 5.43 Å². The maximum Gasteiger partial charge on any atom is 0.423 e. The monoisotopic (exact) mass is 220 g/mol. The van der Waals surface area contributed by atoms with Crippen molar-refractivity contribution in [3.63, 3.8) is 0 Å². The van der Waals surface area contributed by atoms with Crippen LogP contribution in [0.4, 0.5) is 23.7 Å². The molecule has 4 nitrogen and oxygen atoms in total. The molecule has 0 fully saturated rings. The molecule has 1 aromatic carbocycles. The highest BCUT2D eigenvalue weighted by Crippen LogP contribution is 2.30. The van der Waals surface area contributed by atoms with E-state index in [1.807, 2.05) is 0 Å². The first-order valence-electron chi connectivity index (χ1n) is 3.82. The predicted molar refractivity (Wildman–Crippen MR) is 46.2 cm³/mol. The standard InChI is InChI=1S/C8H7F3N2O2/c9-8(10,11)5-2-1-3-6(4-5)12-13-7(14)15/h1-4,12-13H,(H,14,15). The molecule has 0 aliphatic carbocycles. The average Bonchev–Trinajstić information content (AvgIpc) is 2.14. The summed E-state index contributed by atoms with van der Waals surface area (Å²) in [6.45, 7) is 0. The molecule has 0 heterocycles. The van der Waals surface area contributed by atoms with Crippen LogP contribution in [-0.2, 0) is 6.18 Å². The lowest BCUT2D eigenvalue weighted by Crippen LogP contribution is -2.27. The fraction of sp³-hybridized carbons (Fsp3) is 0.125. The fourth-order valence-corrected chi connectivity index (χ4v) is 0.899. The molecule has 3 N–H and O–H groups in total. The summed E-state index contributed by atoms with van der Waals surface area (Å²) in [7, 11) is 0. The number of amides is 1. The van der Waals surface area contributed by atoms with Crippen LogP contribution in [0.15, 0.2) is 24.3 Å². The van der Waals surface area contributed by atoms with Crippen LogP contribution in [0, 0.1) is 0 Å². The van der Waals surface area contributed by atoms with Crippen molar-refractivity contribution in [2.75, 3.05) is 5.43 Å². The number of benzene rings is 1.